The molecule has 32 heavy (non-hydrogen) atoms. The maximum absolute atomic E-state index is 13.2. The average molecular weight is 465 g/mol. The summed E-state index contributed by atoms with van der Waals surface area (Å²) in [6, 6.07) is 8.13. The fourth-order valence-electron chi connectivity index (χ4n) is 3.15. The van der Waals surface area contributed by atoms with Crippen LogP contribution in [0.15, 0.2) is 46.1 Å². The number of aromatic nitrogens is 1. The number of pyridine rings is 1. The molecule has 2 rings (SSSR count). The van der Waals surface area contributed by atoms with E-state index in [4.69, 9.17) is 21.7 Å². The molecule has 0 spiro atoms. The Balaban J connectivity index is 2.45. The van der Waals surface area contributed by atoms with Crippen molar-refractivity contribution in [2.24, 2.45) is 11.5 Å². The van der Waals surface area contributed by atoms with E-state index < -0.39 is 33.5 Å². The number of hydrogen-bond donors (Lipinski definition) is 5. The van der Waals surface area contributed by atoms with Gasteiger partial charge in [0.25, 0.3) is 15.6 Å². The van der Waals surface area contributed by atoms with Crippen molar-refractivity contribution in [1.29, 1.82) is 5.41 Å². The van der Waals surface area contributed by atoms with Gasteiger partial charge in [0.1, 0.15) is 11.7 Å². The van der Waals surface area contributed by atoms with Crippen LogP contribution in [0.5, 0.6) is 0 Å². The molecular formula is C20H28N6O5S. The summed E-state index contributed by atoms with van der Waals surface area (Å²) in [4.78, 5) is 30.4. The molecule has 0 radical (unpaired) electrons. The normalized spacial score (nSPS) is 12.2. The number of hydroxylamine groups is 1. The van der Waals surface area contributed by atoms with Crippen molar-refractivity contribution in [2.45, 2.75) is 44.0 Å². The van der Waals surface area contributed by atoms with Crippen molar-refractivity contribution < 1.29 is 18.0 Å². The van der Waals surface area contributed by atoms with Gasteiger partial charge in [-0.25, -0.2) is 13.9 Å². The van der Waals surface area contributed by atoms with Crippen molar-refractivity contribution in [3.8, 4) is 0 Å². The zero-order valence-corrected chi connectivity index (χ0v) is 18.7. The highest BCUT2D eigenvalue weighted by atomic mass is 32.2. The van der Waals surface area contributed by atoms with Crippen LogP contribution in [0.4, 0.5) is 5.69 Å². The van der Waals surface area contributed by atoms with Gasteiger partial charge in [0, 0.05) is 12.1 Å². The predicted octanol–water partition coefficient (Wildman–Crippen LogP) is 0.741. The lowest BCUT2D eigenvalue weighted by Crippen LogP contribution is -2.38. The second-order valence-corrected chi connectivity index (χ2v) is 8.84. The minimum atomic E-state index is -4.03. The summed E-state index contributed by atoms with van der Waals surface area (Å²) in [5.41, 5.74) is 13.2. The van der Waals surface area contributed by atoms with Crippen LogP contribution >= 0.6 is 0 Å². The van der Waals surface area contributed by atoms with Crippen LogP contribution in [0.2, 0.25) is 0 Å². The van der Waals surface area contributed by atoms with Gasteiger partial charge in [-0.15, -0.1) is 0 Å². The molecule has 1 amide bonds. The molecule has 1 unspecified atom stereocenters. The van der Waals surface area contributed by atoms with Gasteiger partial charge in [-0.05, 0) is 43.2 Å². The SMILES string of the molecule is CCCc1ccc(NS(=O)(=O)c2cccc(C)c2)c(=O)n1C(CCONC(=N)N)C(N)=O. The Morgan fingerprint density at radius 3 is 2.56 bits per heavy atom. The van der Waals surface area contributed by atoms with E-state index in [0.29, 0.717) is 18.5 Å². The van der Waals surface area contributed by atoms with E-state index in [1.807, 2.05) is 6.92 Å². The quantitative estimate of drug-likeness (QED) is 0.141. The van der Waals surface area contributed by atoms with Crippen LogP contribution in [-0.2, 0) is 26.1 Å². The molecule has 1 heterocycles. The number of aryl methyl sites for hydroxylation is 2. The Bertz CT molecular complexity index is 1150. The molecule has 2 aromatic rings. The number of carbonyl (C=O) groups excluding carboxylic acids is 1. The Labute approximate surface area is 186 Å². The van der Waals surface area contributed by atoms with E-state index in [1.165, 1.54) is 22.8 Å². The monoisotopic (exact) mass is 464 g/mol. The van der Waals surface area contributed by atoms with Crippen LogP contribution in [-0.4, -0.2) is 31.5 Å². The first-order chi connectivity index (χ1) is 15.1. The second-order valence-electron chi connectivity index (χ2n) is 7.16. The zero-order valence-electron chi connectivity index (χ0n) is 17.9. The summed E-state index contributed by atoms with van der Waals surface area (Å²) in [5.74, 6) is -1.20. The molecule has 7 N–H and O–H groups in total. The van der Waals surface area contributed by atoms with Crippen molar-refractivity contribution in [1.82, 2.24) is 10.0 Å². The maximum atomic E-state index is 13.2. The summed E-state index contributed by atoms with van der Waals surface area (Å²) < 4.78 is 29.1. The third kappa shape index (κ3) is 6.31. The summed E-state index contributed by atoms with van der Waals surface area (Å²) in [6.07, 6.45) is 1.15. The summed E-state index contributed by atoms with van der Waals surface area (Å²) in [5, 5.41) is 7.08. The van der Waals surface area contributed by atoms with Crippen molar-refractivity contribution >= 4 is 27.6 Å². The van der Waals surface area contributed by atoms with Gasteiger partial charge < -0.3 is 11.5 Å². The van der Waals surface area contributed by atoms with Gasteiger partial charge in [-0.1, -0.05) is 25.5 Å². The number of anilines is 1. The highest BCUT2D eigenvalue weighted by Gasteiger charge is 2.24. The summed E-state index contributed by atoms with van der Waals surface area (Å²) >= 11 is 0. The number of hydrogen-bond acceptors (Lipinski definition) is 6. The van der Waals surface area contributed by atoms with Crippen LogP contribution in [0.3, 0.4) is 0 Å². The number of nitrogens with one attached hydrogen (secondary N) is 3. The number of guanidine groups is 1. The first-order valence-corrected chi connectivity index (χ1v) is 11.4. The summed E-state index contributed by atoms with van der Waals surface area (Å²) in [7, 11) is -4.03. The lowest BCUT2D eigenvalue weighted by atomic mass is 10.1. The lowest BCUT2D eigenvalue weighted by molar-refractivity contribution is -0.122. The molecule has 0 fully saturated rings. The van der Waals surface area contributed by atoms with Gasteiger partial charge in [-0.3, -0.25) is 29.1 Å². The third-order valence-electron chi connectivity index (χ3n) is 4.57. The van der Waals surface area contributed by atoms with Crippen LogP contribution in [0, 0.1) is 12.3 Å². The molecule has 1 aromatic heterocycles. The van der Waals surface area contributed by atoms with Crippen LogP contribution in [0.1, 0.15) is 37.1 Å². The molecule has 174 valence electrons. The number of primary amides is 1. The number of amides is 1. The summed E-state index contributed by atoms with van der Waals surface area (Å²) in [6.45, 7) is 3.58. The Morgan fingerprint density at radius 1 is 1.25 bits per heavy atom. The largest absolute Gasteiger partial charge is 0.368 e. The van der Waals surface area contributed by atoms with Crippen molar-refractivity contribution in [2.75, 3.05) is 11.3 Å². The molecule has 12 heteroatoms. The predicted molar refractivity (Wildman–Crippen MR) is 121 cm³/mol. The fraction of sp³-hybridized carbons (Fsp3) is 0.350. The Kier molecular flexibility index (Phi) is 8.38. The Hall–Kier alpha value is -3.38. The second kappa shape index (κ2) is 10.8. The van der Waals surface area contributed by atoms with E-state index >= 15 is 0 Å². The number of carbonyl (C=O) groups is 1. The first-order valence-electron chi connectivity index (χ1n) is 9.92. The van der Waals surface area contributed by atoms with E-state index in [2.05, 4.69) is 10.2 Å². The van der Waals surface area contributed by atoms with Crippen molar-refractivity contribution in [3.05, 3.63) is 58.0 Å². The molecule has 11 nitrogen and oxygen atoms in total. The molecule has 0 aliphatic heterocycles. The molecular weight excluding hydrogens is 436 g/mol. The number of nitrogens with zero attached hydrogens (tertiary/aromatic N) is 1. The molecule has 0 aliphatic carbocycles. The first kappa shape index (κ1) is 24.9. The topological polar surface area (TPSA) is 182 Å². The molecule has 1 atom stereocenters. The molecule has 0 saturated carbocycles. The third-order valence-corrected chi connectivity index (χ3v) is 5.93. The highest BCUT2D eigenvalue weighted by molar-refractivity contribution is 7.92. The molecule has 0 saturated heterocycles. The maximum Gasteiger partial charge on any atom is 0.275 e. The van der Waals surface area contributed by atoms with E-state index in [9.17, 15) is 18.0 Å². The highest BCUT2D eigenvalue weighted by Crippen LogP contribution is 2.19. The van der Waals surface area contributed by atoms with Gasteiger partial charge in [0.2, 0.25) is 11.9 Å². The minimum Gasteiger partial charge on any atom is -0.368 e. The van der Waals surface area contributed by atoms with Crippen LogP contribution in [0.25, 0.3) is 0 Å². The van der Waals surface area contributed by atoms with E-state index in [-0.39, 0.29) is 23.6 Å². The van der Waals surface area contributed by atoms with Gasteiger partial charge >= 0.3 is 0 Å². The van der Waals surface area contributed by atoms with E-state index in [0.717, 1.165) is 5.56 Å². The van der Waals surface area contributed by atoms with Gasteiger partial charge in [0.05, 0.1) is 11.5 Å². The lowest BCUT2D eigenvalue weighted by Gasteiger charge is -2.22. The number of nitrogens with two attached hydrogens (primary N) is 2. The number of sulfonamides is 1. The molecule has 0 aliphatic rings. The Morgan fingerprint density at radius 2 is 1.97 bits per heavy atom. The average Bonchev–Trinajstić information content (AvgIpc) is 2.71. The number of rotatable bonds is 11. The molecule has 0 bridgehead atoms. The van der Waals surface area contributed by atoms with Gasteiger partial charge in [0.15, 0.2) is 0 Å². The minimum absolute atomic E-state index is 0.000315. The van der Waals surface area contributed by atoms with Crippen LogP contribution < -0.4 is 27.2 Å². The van der Waals surface area contributed by atoms with E-state index in [1.54, 1.807) is 25.1 Å². The van der Waals surface area contributed by atoms with Crippen molar-refractivity contribution in [3.63, 3.8) is 0 Å². The fourth-order valence-corrected chi connectivity index (χ4v) is 4.32. The molecule has 1 aromatic carbocycles. The van der Waals surface area contributed by atoms with Gasteiger partial charge in [-0.2, -0.15) is 0 Å². The number of benzene rings is 1. The zero-order chi connectivity index (χ0) is 23.9. The smallest absolute Gasteiger partial charge is 0.275 e. The standard InChI is InChI=1S/C20H28N6O5S/c1-3-5-14-8-9-16(25-32(29,30)15-7-4-6-13(2)12-15)19(28)26(14)17(18(21)27)10-11-31-24-20(22)23/h4,6-9,12,17,25H,3,5,10-11H2,1-2H3,(H2,21,27)(H4,22,23,24).